The smallest absolute Gasteiger partial charge is 0.242 e. The molecule has 0 saturated heterocycles. The summed E-state index contributed by atoms with van der Waals surface area (Å²) < 4.78 is 10.7. The number of carbonyl (C=O) groups is 2. The van der Waals surface area contributed by atoms with Crippen molar-refractivity contribution in [3.05, 3.63) is 65.9 Å². The van der Waals surface area contributed by atoms with E-state index in [-0.39, 0.29) is 24.3 Å². The van der Waals surface area contributed by atoms with Gasteiger partial charge in [0, 0.05) is 55.3 Å². The highest BCUT2D eigenvalue weighted by molar-refractivity contribution is 5.87. The standard InChI is InChI=1S/C27H33N3O4/c1-33-16-15-30(27(32)20-11-12-20)19-26(31)29(18-22-7-3-6-10-25(22)34-2)14-13-21-17-28-24-9-5-4-8-23(21)24/h3-10,17,20,28H,11-16,18-19H2,1-2H3. The number of methoxy groups -OCH3 is 2. The first-order chi connectivity index (χ1) is 16.6. The molecule has 4 rings (SSSR count). The topological polar surface area (TPSA) is 74.9 Å². The van der Waals surface area contributed by atoms with E-state index in [4.69, 9.17) is 9.47 Å². The molecule has 0 aliphatic heterocycles. The number of benzene rings is 2. The molecule has 3 aromatic rings. The van der Waals surface area contributed by atoms with Gasteiger partial charge in [-0.3, -0.25) is 9.59 Å². The van der Waals surface area contributed by atoms with Gasteiger partial charge in [0.05, 0.1) is 20.3 Å². The summed E-state index contributed by atoms with van der Waals surface area (Å²) in [7, 11) is 3.24. The Morgan fingerprint density at radius 1 is 0.971 bits per heavy atom. The van der Waals surface area contributed by atoms with E-state index in [0.29, 0.717) is 32.7 Å². The van der Waals surface area contributed by atoms with Crippen molar-refractivity contribution in [1.29, 1.82) is 0 Å². The number of ether oxygens (including phenoxy) is 2. The van der Waals surface area contributed by atoms with Crippen LogP contribution in [0.25, 0.3) is 10.9 Å². The minimum atomic E-state index is -0.0733. The van der Waals surface area contributed by atoms with Gasteiger partial charge in [0.25, 0.3) is 0 Å². The lowest BCUT2D eigenvalue weighted by molar-refractivity contribution is -0.142. The van der Waals surface area contributed by atoms with E-state index < -0.39 is 0 Å². The van der Waals surface area contributed by atoms with Crippen LogP contribution in [0.1, 0.15) is 24.0 Å². The fourth-order valence-corrected chi connectivity index (χ4v) is 4.25. The molecule has 2 aromatic carbocycles. The third-order valence-corrected chi connectivity index (χ3v) is 6.36. The zero-order chi connectivity index (χ0) is 23.9. The fourth-order valence-electron chi connectivity index (χ4n) is 4.25. The lowest BCUT2D eigenvalue weighted by Gasteiger charge is -2.28. The molecular formula is C27H33N3O4. The molecule has 1 aliphatic carbocycles. The third kappa shape index (κ3) is 5.78. The maximum Gasteiger partial charge on any atom is 0.242 e. The zero-order valence-electron chi connectivity index (χ0n) is 20.0. The van der Waals surface area contributed by atoms with E-state index in [0.717, 1.165) is 35.1 Å². The molecule has 1 saturated carbocycles. The molecule has 34 heavy (non-hydrogen) atoms. The summed E-state index contributed by atoms with van der Waals surface area (Å²) in [5.41, 5.74) is 3.19. The van der Waals surface area contributed by atoms with Gasteiger partial charge >= 0.3 is 0 Å². The maximum atomic E-state index is 13.5. The predicted octanol–water partition coefficient (Wildman–Crippen LogP) is 3.63. The second-order valence-corrected chi connectivity index (χ2v) is 8.76. The first-order valence-electron chi connectivity index (χ1n) is 11.8. The third-order valence-electron chi connectivity index (χ3n) is 6.36. The number of aromatic nitrogens is 1. The Labute approximate surface area is 200 Å². The van der Waals surface area contributed by atoms with Crippen molar-refractivity contribution in [3.8, 4) is 5.75 Å². The Morgan fingerprint density at radius 2 is 1.74 bits per heavy atom. The van der Waals surface area contributed by atoms with Gasteiger partial charge in [-0.05, 0) is 37.0 Å². The van der Waals surface area contributed by atoms with Crippen LogP contribution < -0.4 is 4.74 Å². The van der Waals surface area contributed by atoms with Crippen LogP contribution in [0.15, 0.2) is 54.7 Å². The van der Waals surface area contributed by atoms with Crippen LogP contribution in [0.5, 0.6) is 5.75 Å². The Hall–Kier alpha value is -3.32. The van der Waals surface area contributed by atoms with Gasteiger partial charge in [0.2, 0.25) is 11.8 Å². The second-order valence-electron chi connectivity index (χ2n) is 8.76. The Bertz CT molecular complexity index is 1120. The first kappa shape index (κ1) is 23.8. The van der Waals surface area contributed by atoms with Crippen molar-refractivity contribution >= 4 is 22.7 Å². The molecule has 7 nitrogen and oxygen atoms in total. The molecule has 1 fully saturated rings. The summed E-state index contributed by atoms with van der Waals surface area (Å²) in [6.07, 6.45) is 4.53. The Morgan fingerprint density at radius 3 is 2.50 bits per heavy atom. The number of nitrogens with one attached hydrogen (secondary N) is 1. The van der Waals surface area contributed by atoms with E-state index >= 15 is 0 Å². The van der Waals surface area contributed by atoms with Crippen molar-refractivity contribution in [1.82, 2.24) is 14.8 Å². The lowest BCUT2D eigenvalue weighted by Crippen LogP contribution is -2.45. The second kappa shape index (κ2) is 11.2. The van der Waals surface area contributed by atoms with Crippen LogP contribution in [0.2, 0.25) is 0 Å². The SMILES string of the molecule is COCCN(CC(=O)N(CCc1c[nH]c2ccccc12)Cc1ccccc1OC)C(=O)C1CC1. The molecular weight excluding hydrogens is 430 g/mol. The number of aromatic amines is 1. The molecule has 1 N–H and O–H groups in total. The quantitative estimate of drug-likeness (QED) is 0.445. The minimum Gasteiger partial charge on any atom is -0.496 e. The summed E-state index contributed by atoms with van der Waals surface area (Å²) in [5.74, 6) is 0.784. The highest BCUT2D eigenvalue weighted by atomic mass is 16.5. The van der Waals surface area contributed by atoms with Crippen LogP contribution in [-0.4, -0.2) is 67.1 Å². The average molecular weight is 464 g/mol. The summed E-state index contributed by atoms with van der Waals surface area (Å²) in [5, 5.41) is 1.16. The number of hydrogen-bond acceptors (Lipinski definition) is 4. The maximum absolute atomic E-state index is 13.5. The highest BCUT2D eigenvalue weighted by Crippen LogP contribution is 2.31. The van der Waals surface area contributed by atoms with Gasteiger partial charge in [0.1, 0.15) is 5.75 Å². The van der Waals surface area contributed by atoms with Gasteiger partial charge in [-0.25, -0.2) is 0 Å². The summed E-state index contributed by atoms with van der Waals surface area (Å²) in [4.78, 5) is 33.1. The summed E-state index contributed by atoms with van der Waals surface area (Å²) in [6.45, 7) is 1.84. The first-order valence-corrected chi connectivity index (χ1v) is 11.8. The zero-order valence-corrected chi connectivity index (χ0v) is 20.0. The average Bonchev–Trinajstić information content (AvgIpc) is 3.64. The van der Waals surface area contributed by atoms with Crippen LogP contribution >= 0.6 is 0 Å². The molecule has 0 bridgehead atoms. The molecule has 180 valence electrons. The number of rotatable bonds is 12. The van der Waals surface area contributed by atoms with E-state index in [1.807, 2.05) is 53.6 Å². The van der Waals surface area contributed by atoms with Gasteiger partial charge in [0.15, 0.2) is 0 Å². The molecule has 0 radical (unpaired) electrons. The fraction of sp³-hybridized carbons (Fsp3) is 0.407. The number of H-pyrrole nitrogens is 1. The van der Waals surface area contributed by atoms with Crippen LogP contribution in [-0.2, 0) is 27.3 Å². The minimum absolute atomic E-state index is 0.0542. The van der Waals surface area contributed by atoms with Crippen molar-refractivity contribution in [2.24, 2.45) is 5.92 Å². The van der Waals surface area contributed by atoms with Gasteiger partial charge < -0.3 is 24.3 Å². The normalized spacial score (nSPS) is 13.1. The molecule has 7 heteroatoms. The Balaban J connectivity index is 1.52. The van der Waals surface area contributed by atoms with Crippen LogP contribution in [0.3, 0.4) is 0 Å². The molecule has 0 unspecified atom stereocenters. The van der Waals surface area contributed by atoms with Gasteiger partial charge in [-0.2, -0.15) is 0 Å². The molecule has 1 aromatic heterocycles. The Kier molecular flexibility index (Phi) is 7.85. The largest absolute Gasteiger partial charge is 0.496 e. The molecule has 0 spiro atoms. The van der Waals surface area contributed by atoms with Crippen molar-refractivity contribution < 1.29 is 19.1 Å². The number of hydrogen-bond donors (Lipinski definition) is 1. The molecule has 1 heterocycles. The van der Waals surface area contributed by atoms with Crippen molar-refractivity contribution in [2.45, 2.75) is 25.8 Å². The molecule has 0 atom stereocenters. The van der Waals surface area contributed by atoms with E-state index in [9.17, 15) is 9.59 Å². The lowest BCUT2D eigenvalue weighted by atomic mass is 10.1. The van der Waals surface area contributed by atoms with Crippen molar-refractivity contribution in [3.63, 3.8) is 0 Å². The van der Waals surface area contributed by atoms with Crippen molar-refractivity contribution in [2.75, 3.05) is 40.5 Å². The number of para-hydroxylation sites is 2. The van der Waals surface area contributed by atoms with Gasteiger partial charge in [-0.15, -0.1) is 0 Å². The molecule has 2 amide bonds. The highest BCUT2D eigenvalue weighted by Gasteiger charge is 2.34. The van der Waals surface area contributed by atoms with E-state index in [1.54, 1.807) is 19.1 Å². The number of amides is 2. The van der Waals surface area contributed by atoms with Crippen LogP contribution in [0, 0.1) is 5.92 Å². The summed E-state index contributed by atoms with van der Waals surface area (Å²) in [6, 6.07) is 15.9. The summed E-state index contributed by atoms with van der Waals surface area (Å²) >= 11 is 0. The van der Waals surface area contributed by atoms with Crippen LogP contribution in [0.4, 0.5) is 0 Å². The number of fused-ring (bicyclic) bond motifs is 1. The van der Waals surface area contributed by atoms with E-state index in [2.05, 4.69) is 11.1 Å². The molecule has 1 aliphatic rings. The van der Waals surface area contributed by atoms with Gasteiger partial charge in [-0.1, -0.05) is 36.4 Å². The number of carbonyl (C=O) groups excluding carboxylic acids is 2. The number of nitrogens with zero attached hydrogens (tertiary/aromatic N) is 2. The predicted molar refractivity (Wildman–Crippen MR) is 132 cm³/mol. The van der Waals surface area contributed by atoms with E-state index in [1.165, 1.54) is 5.56 Å². The monoisotopic (exact) mass is 463 g/mol.